The van der Waals surface area contributed by atoms with Crippen LogP contribution in [0, 0.1) is 0 Å². The number of hydrogen-bond acceptors (Lipinski definition) is 6. The molecule has 0 aliphatic rings. The molecule has 0 aromatic carbocycles. The standard InChI is InChI=1S/C12H24N2O5/c1-5-19-12(16)10(13)11(15)14(6-7-17-3)9(2)8-18-4/h9-10H,5-8,13H2,1-4H3. The van der Waals surface area contributed by atoms with Crippen LogP contribution < -0.4 is 5.73 Å². The fourth-order valence-corrected chi connectivity index (χ4v) is 1.58. The Kier molecular flexibility index (Phi) is 9.11. The molecule has 7 nitrogen and oxygen atoms in total. The maximum atomic E-state index is 12.2. The molecule has 0 heterocycles. The topological polar surface area (TPSA) is 91.1 Å². The van der Waals surface area contributed by atoms with Gasteiger partial charge in [-0.3, -0.25) is 4.79 Å². The number of methoxy groups -OCH3 is 2. The van der Waals surface area contributed by atoms with Crippen molar-refractivity contribution in [3.05, 3.63) is 0 Å². The number of ether oxygens (including phenoxy) is 3. The van der Waals surface area contributed by atoms with Crippen molar-refractivity contribution in [1.82, 2.24) is 4.90 Å². The molecule has 0 spiro atoms. The molecule has 1 amide bonds. The quantitative estimate of drug-likeness (QED) is 0.446. The van der Waals surface area contributed by atoms with Crippen LogP contribution in [0.1, 0.15) is 13.8 Å². The highest BCUT2D eigenvalue weighted by molar-refractivity contribution is 6.01. The van der Waals surface area contributed by atoms with E-state index >= 15 is 0 Å². The monoisotopic (exact) mass is 276 g/mol. The summed E-state index contributed by atoms with van der Waals surface area (Å²) in [5.41, 5.74) is 5.61. The first-order valence-corrected chi connectivity index (χ1v) is 6.20. The highest BCUT2D eigenvalue weighted by Gasteiger charge is 2.30. The normalized spacial score (nSPS) is 13.7. The van der Waals surface area contributed by atoms with Crippen LogP contribution in [0.2, 0.25) is 0 Å². The minimum atomic E-state index is -1.31. The van der Waals surface area contributed by atoms with Crippen LogP contribution in [0.25, 0.3) is 0 Å². The minimum absolute atomic E-state index is 0.186. The average molecular weight is 276 g/mol. The van der Waals surface area contributed by atoms with E-state index in [2.05, 4.69) is 0 Å². The number of amides is 1. The van der Waals surface area contributed by atoms with Gasteiger partial charge in [-0.1, -0.05) is 0 Å². The van der Waals surface area contributed by atoms with Gasteiger partial charge in [-0.2, -0.15) is 0 Å². The molecule has 0 aromatic rings. The molecule has 0 aromatic heterocycles. The predicted octanol–water partition coefficient (Wildman–Crippen LogP) is -0.613. The first-order valence-electron chi connectivity index (χ1n) is 6.20. The molecule has 2 unspecified atom stereocenters. The lowest BCUT2D eigenvalue weighted by Gasteiger charge is -2.30. The van der Waals surface area contributed by atoms with Gasteiger partial charge in [0, 0.05) is 20.8 Å². The van der Waals surface area contributed by atoms with Crippen molar-refractivity contribution in [3.8, 4) is 0 Å². The molecule has 0 fully saturated rings. The Balaban J connectivity index is 4.72. The third-order valence-electron chi connectivity index (χ3n) is 2.57. The van der Waals surface area contributed by atoms with Crippen LogP contribution in [0.4, 0.5) is 0 Å². The Morgan fingerprint density at radius 3 is 2.37 bits per heavy atom. The summed E-state index contributed by atoms with van der Waals surface area (Å²) >= 11 is 0. The summed E-state index contributed by atoms with van der Waals surface area (Å²) in [5, 5.41) is 0. The number of rotatable bonds is 9. The molecular weight excluding hydrogens is 252 g/mol. The molecule has 0 bridgehead atoms. The van der Waals surface area contributed by atoms with Crippen molar-refractivity contribution >= 4 is 11.9 Å². The van der Waals surface area contributed by atoms with E-state index in [1.54, 1.807) is 14.0 Å². The average Bonchev–Trinajstić information content (AvgIpc) is 2.38. The van der Waals surface area contributed by atoms with E-state index in [1.807, 2.05) is 6.92 Å². The fraction of sp³-hybridized carbons (Fsp3) is 0.833. The number of nitrogens with two attached hydrogens (primary N) is 1. The van der Waals surface area contributed by atoms with Crippen molar-refractivity contribution < 1.29 is 23.8 Å². The molecule has 0 saturated carbocycles. The zero-order valence-electron chi connectivity index (χ0n) is 12.0. The lowest BCUT2D eigenvalue weighted by Crippen LogP contribution is -2.53. The number of hydrogen-bond donors (Lipinski definition) is 1. The van der Waals surface area contributed by atoms with Crippen LogP contribution >= 0.6 is 0 Å². The molecule has 19 heavy (non-hydrogen) atoms. The predicted molar refractivity (Wildman–Crippen MR) is 69.5 cm³/mol. The lowest BCUT2D eigenvalue weighted by atomic mass is 10.2. The number of carbonyl (C=O) groups excluding carboxylic acids is 2. The van der Waals surface area contributed by atoms with Gasteiger partial charge in [0.1, 0.15) is 0 Å². The molecule has 0 aliphatic heterocycles. The second kappa shape index (κ2) is 9.71. The smallest absolute Gasteiger partial charge is 0.332 e. The summed E-state index contributed by atoms with van der Waals surface area (Å²) in [6.07, 6.45) is 0. The van der Waals surface area contributed by atoms with Gasteiger partial charge < -0.3 is 24.8 Å². The van der Waals surface area contributed by atoms with Crippen molar-refractivity contribution in [1.29, 1.82) is 0 Å². The summed E-state index contributed by atoms with van der Waals surface area (Å²) in [7, 11) is 3.08. The van der Waals surface area contributed by atoms with Crippen LogP contribution in [-0.2, 0) is 23.8 Å². The maximum Gasteiger partial charge on any atom is 0.332 e. The molecule has 2 atom stereocenters. The molecule has 0 aliphatic carbocycles. The first-order chi connectivity index (χ1) is 8.99. The summed E-state index contributed by atoms with van der Waals surface area (Å²) in [5.74, 6) is -1.21. The second-order valence-corrected chi connectivity index (χ2v) is 4.06. The number of carbonyl (C=O) groups is 2. The van der Waals surface area contributed by atoms with E-state index in [-0.39, 0.29) is 12.6 Å². The van der Waals surface area contributed by atoms with Gasteiger partial charge in [0.05, 0.1) is 25.9 Å². The Bertz CT molecular complexity index is 285. The lowest BCUT2D eigenvalue weighted by molar-refractivity contribution is -0.152. The van der Waals surface area contributed by atoms with E-state index in [0.29, 0.717) is 19.8 Å². The zero-order valence-corrected chi connectivity index (χ0v) is 12.0. The third kappa shape index (κ3) is 6.00. The summed E-state index contributed by atoms with van der Waals surface area (Å²) in [4.78, 5) is 25.1. The second-order valence-electron chi connectivity index (χ2n) is 4.06. The van der Waals surface area contributed by atoms with Crippen LogP contribution in [0.3, 0.4) is 0 Å². The zero-order chi connectivity index (χ0) is 14.8. The Labute approximate surface area is 114 Å². The van der Waals surface area contributed by atoms with Gasteiger partial charge in [0.25, 0.3) is 5.91 Å². The summed E-state index contributed by atoms with van der Waals surface area (Å²) < 4.78 is 14.7. The molecule has 112 valence electrons. The van der Waals surface area contributed by atoms with E-state index in [4.69, 9.17) is 19.9 Å². The van der Waals surface area contributed by atoms with E-state index < -0.39 is 17.9 Å². The van der Waals surface area contributed by atoms with Crippen molar-refractivity contribution in [2.45, 2.75) is 25.9 Å². The molecule has 0 rings (SSSR count). The molecular formula is C12H24N2O5. The van der Waals surface area contributed by atoms with E-state index in [0.717, 1.165) is 0 Å². The molecule has 7 heteroatoms. The van der Waals surface area contributed by atoms with Gasteiger partial charge >= 0.3 is 5.97 Å². The van der Waals surface area contributed by atoms with Crippen molar-refractivity contribution in [2.24, 2.45) is 5.73 Å². The van der Waals surface area contributed by atoms with Gasteiger partial charge in [0.2, 0.25) is 0 Å². The minimum Gasteiger partial charge on any atom is -0.464 e. The van der Waals surface area contributed by atoms with Gasteiger partial charge in [-0.25, -0.2) is 4.79 Å². The van der Waals surface area contributed by atoms with Crippen LogP contribution in [0.5, 0.6) is 0 Å². The van der Waals surface area contributed by atoms with Gasteiger partial charge in [-0.05, 0) is 13.8 Å². The highest BCUT2D eigenvalue weighted by atomic mass is 16.5. The summed E-state index contributed by atoms with van der Waals surface area (Å²) in [6, 6.07) is -1.51. The number of nitrogens with zero attached hydrogens (tertiary/aromatic N) is 1. The van der Waals surface area contributed by atoms with E-state index in [9.17, 15) is 9.59 Å². The molecule has 0 saturated heterocycles. The van der Waals surface area contributed by atoms with Gasteiger partial charge in [0.15, 0.2) is 6.04 Å². The first kappa shape index (κ1) is 17.8. The third-order valence-corrected chi connectivity index (χ3v) is 2.57. The van der Waals surface area contributed by atoms with Crippen molar-refractivity contribution in [3.63, 3.8) is 0 Å². The van der Waals surface area contributed by atoms with Crippen LogP contribution in [0.15, 0.2) is 0 Å². The molecule has 0 radical (unpaired) electrons. The van der Waals surface area contributed by atoms with Crippen LogP contribution in [-0.4, -0.2) is 69.4 Å². The van der Waals surface area contributed by atoms with Gasteiger partial charge in [-0.15, -0.1) is 0 Å². The Morgan fingerprint density at radius 2 is 1.89 bits per heavy atom. The SMILES string of the molecule is CCOC(=O)C(N)C(=O)N(CCOC)C(C)COC. The largest absolute Gasteiger partial charge is 0.464 e. The Morgan fingerprint density at radius 1 is 1.26 bits per heavy atom. The maximum absolute atomic E-state index is 12.2. The summed E-state index contributed by atoms with van der Waals surface area (Å²) in [6.45, 7) is 4.71. The van der Waals surface area contributed by atoms with Crippen molar-refractivity contribution in [2.75, 3.05) is 40.6 Å². The molecule has 2 N–H and O–H groups in total. The fourth-order valence-electron chi connectivity index (χ4n) is 1.58. The Hall–Kier alpha value is -1.18. The number of esters is 1. The van der Waals surface area contributed by atoms with E-state index in [1.165, 1.54) is 12.0 Å². The highest BCUT2D eigenvalue weighted by Crippen LogP contribution is 2.04.